The average molecular weight is 323 g/mol. The highest BCUT2D eigenvalue weighted by Crippen LogP contribution is 2.31. The smallest absolute Gasteiger partial charge is 0.353 e. The minimum atomic E-state index is -4.35. The van der Waals surface area contributed by atoms with Crippen LogP contribution in [0.15, 0.2) is 30.7 Å². The number of nitrogens with zero attached hydrogens (tertiary/aromatic N) is 5. The van der Waals surface area contributed by atoms with Gasteiger partial charge in [-0.3, -0.25) is 0 Å². The molecule has 0 unspecified atom stereocenters. The second kappa shape index (κ2) is 6.02. The minimum absolute atomic E-state index is 0.360. The molecule has 2 aromatic heterocycles. The standard InChI is InChI=1S/C15H16F3N5/c1-11-8-13(21-10-20-11)22-4-6-23(7-5-22)14-9-12(2-3-19-14)15(16,17)18/h2-3,8-10H,4-7H2,1H3. The maximum Gasteiger partial charge on any atom is 0.416 e. The molecular weight excluding hydrogens is 307 g/mol. The maximum atomic E-state index is 12.8. The van der Waals surface area contributed by atoms with Crippen molar-refractivity contribution in [3.05, 3.63) is 42.0 Å². The van der Waals surface area contributed by atoms with Crippen molar-refractivity contribution in [1.29, 1.82) is 0 Å². The number of halogens is 3. The Labute approximate surface area is 131 Å². The molecule has 0 atom stereocenters. The Kier molecular flexibility index (Phi) is 4.06. The highest BCUT2D eigenvalue weighted by atomic mass is 19.4. The van der Waals surface area contributed by atoms with E-state index in [4.69, 9.17) is 0 Å². The lowest BCUT2D eigenvalue weighted by molar-refractivity contribution is -0.137. The molecule has 1 fully saturated rings. The maximum absolute atomic E-state index is 12.8. The van der Waals surface area contributed by atoms with Crippen LogP contribution < -0.4 is 9.80 Å². The molecule has 3 heterocycles. The second-order valence-corrected chi connectivity index (χ2v) is 5.39. The number of alkyl halides is 3. The van der Waals surface area contributed by atoms with Gasteiger partial charge in [-0.05, 0) is 19.1 Å². The monoisotopic (exact) mass is 323 g/mol. The van der Waals surface area contributed by atoms with Crippen LogP contribution in [-0.2, 0) is 6.18 Å². The molecule has 0 aliphatic carbocycles. The van der Waals surface area contributed by atoms with Crippen molar-refractivity contribution in [3.63, 3.8) is 0 Å². The van der Waals surface area contributed by atoms with Crippen LogP contribution in [0, 0.1) is 6.92 Å². The first-order chi connectivity index (χ1) is 10.9. The van der Waals surface area contributed by atoms with Gasteiger partial charge >= 0.3 is 6.18 Å². The van der Waals surface area contributed by atoms with Crippen molar-refractivity contribution in [2.75, 3.05) is 36.0 Å². The molecule has 5 nitrogen and oxygen atoms in total. The van der Waals surface area contributed by atoms with Gasteiger partial charge in [0.25, 0.3) is 0 Å². The first-order valence-corrected chi connectivity index (χ1v) is 7.25. The fraction of sp³-hybridized carbons (Fsp3) is 0.400. The summed E-state index contributed by atoms with van der Waals surface area (Å²) in [5.41, 5.74) is 0.216. The summed E-state index contributed by atoms with van der Waals surface area (Å²) in [5, 5.41) is 0. The van der Waals surface area contributed by atoms with Gasteiger partial charge < -0.3 is 9.80 Å². The largest absolute Gasteiger partial charge is 0.416 e. The number of hydrogen-bond acceptors (Lipinski definition) is 5. The summed E-state index contributed by atoms with van der Waals surface area (Å²) < 4.78 is 38.4. The van der Waals surface area contributed by atoms with Crippen LogP contribution in [0.5, 0.6) is 0 Å². The molecule has 8 heteroatoms. The fourth-order valence-electron chi connectivity index (χ4n) is 2.55. The number of piperazine rings is 1. The Morgan fingerprint density at radius 3 is 2.09 bits per heavy atom. The van der Waals surface area contributed by atoms with Crippen LogP contribution in [0.3, 0.4) is 0 Å². The lowest BCUT2D eigenvalue weighted by Crippen LogP contribution is -2.47. The second-order valence-electron chi connectivity index (χ2n) is 5.39. The summed E-state index contributed by atoms with van der Waals surface area (Å²) in [6.07, 6.45) is -1.62. The molecule has 23 heavy (non-hydrogen) atoms. The van der Waals surface area contributed by atoms with Crippen molar-refractivity contribution >= 4 is 11.6 Å². The molecule has 0 bridgehead atoms. The van der Waals surface area contributed by atoms with Crippen LogP contribution in [0.4, 0.5) is 24.8 Å². The number of pyridine rings is 1. The zero-order chi connectivity index (χ0) is 16.4. The molecule has 0 saturated carbocycles. The van der Waals surface area contributed by atoms with Crippen LogP contribution in [0.2, 0.25) is 0 Å². The van der Waals surface area contributed by atoms with Crippen LogP contribution in [-0.4, -0.2) is 41.1 Å². The third-order valence-electron chi connectivity index (χ3n) is 3.79. The molecule has 1 aliphatic heterocycles. The minimum Gasteiger partial charge on any atom is -0.353 e. The SMILES string of the molecule is Cc1cc(N2CCN(c3cc(C(F)(F)F)ccn3)CC2)ncn1. The number of anilines is 2. The van der Waals surface area contributed by atoms with Gasteiger partial charge in [0.1, 0.15) is 18.0 Å². The molecule has 1 aliphatic rings. The number of aromatic nitrogens is 3. The van der Waals surface area contributed by atoms with Crippen LogP contribution >= 0.6 is 0 Å². The Balaban J connectivity index is 1.70. The van der Waals surface area contributed by atoms with E-state index in [-0.39, 0.29) is 0 Å². The lowest BCUT2D eigenvalue weighted by Gasteiger charge is -2.36. The number of aryl methyl sites for hydroxylation is 1. The topological polar surface area (TPSA) is 45.2 Å². The van der Waals surface area contributed by atoms with Crippen LogP contribution in [0.1, 0.15) is 11.3 Å². The van der Waals surface area contributed by atoms with Gasteiger partial charge in [-0.2, -0.15) is 13.2 Å². The van der Waals surface area contributed by atoms with Gasteiger partial charge in [0.05, 0.1) is 5.56 Å². The predicted octanol–water partition coefficient (Wildman–Crippen LogP) is 2.53. The van der Waals surface area contributed by atoms with Gasteiger partial charge in [0, 0.05) is 44.1 Å². The molecule has 1 saturated heterocycles. The zero-order valence-electron chi connectivity index (χ0n) is 12.6. The highest BCUT2D eigenvalue weighted by Gasteiger charge is 2.31. The summed E-state index contributed by atoms with van der Waals surface area (Å²) in [6.45, 7) is 4.44. The molecule has 0 aromatic carbocycles. The summed E-state index contributed by atoms with van der Waals surface area (Å²) in [4.78, 5) is 16.3. The third-order valence-corrected chi connectivity index (χ3v) is 3.79. The van der Waals surface area contributed by atoms with E-state index in [0.717, 1.165) is 23.6 Å². The summed E-state index contributed by atoms with van der Waals surface area (Å²) in [7, 11) is 0. The lowest BCUT2D eigenvalue weighted by atomic mass is 10.2. The molecule has 3 rings (SSSR count). The van der Waals surface area contributed by atoms with E-state index in [1.807, 2.05) is 17.9 Å². The van der Waals surface area contributed by atoms with Crippen molar-refractivity contribution in [3.8, 4) is 0 Å². The molecule has 2 aromatic rings. The van der Waals surface area contributed by atoms with Crippen molar-refractivity contribution < 1.29 is 13.2 Å². The van der Waals surface area contributed by atoms with Crippen molar-refractivity contribution in [1.82, 2.24) is 15.0 Å². The Morgan fingerprint density at radius 2 is 1.52 bits per heavy atom. The molecule has 0 amide bonds. The van der Waals surface area contributed by atoms with Crippen molar-refractivity contribution in [2.45, 2.75) is 13.1 Å². The molecule has 0 spiro atoms. The average Bonchev–Trinajstić information content (AvgIpc) is 2.54. The first-order valence-electron chi connectivity index (χ1n) is 7.25. The normalized spacial score (nSPS) is 15.8. The quantitative estimate of drug-likeness (QED) is 0.850. The van der Waals surface area contributed by atoms with E-state index in [0.29, 0.717) is 32.0 Å². The molecule has 122 valence electrons. The Morgan fingerprint density at radius 1 is 0.913 bits per heavy atom. The highest BCUT2D eigenvalue weighted by molar-refractivity contribution is 5.46. The van der Waals surface area contributed by atoms with Crippen LogP contribution in [0.25, 0.3) is 0 Å². The van der Waals surface area contributed by atoms with Gasteiger partial charge in [-0.25, -0.2) is 15.0 Å². The van der Waals surface area contributed by atoms with Gasteiger partial charge in [0.2, 0.25) is 0 Å². The van der Waals surface area contributed by atoms with E-state index in [1.165, 1.54) is 12.5 Å². The van der Waals surface area contributed by atoms with E-state index >= 15 is 0 Å². The van der Waals surface area contributed by atoms with Crippen molar-refractivity contribution in [2.24, 2.45) is 0 Å². The predicted molar refractivity (Wildman–Crippen MR) is 80.4 cm³/mol. The van der Waals surface area contributed by atoms with E-state index in [1.54, 1.807) is 0 Å². The first kappa shape index (κ1) is 15.5. The third kappa shape index (κ3) is 3.52. The van der Waals surface area contributed by atoms with E-state index in [2.05, 4.69) is 19.9 Å². The van der Waals surface area contributed by atoms with E-state index < -0.39 is 11.7 Å². The van der Waals surface area contributed by atoms with Gasteiger partial charge in [-0.1, -0.05) is 0 Å². The van der Waals surface area contributed by atoms with Gasteiger partial charge in [0.15, 0.2) is 0 Å². The summed E-state index contributed by atoms with van der Waals surface area (Å²) >= 11 is 0. The molecular formula is C15H16F3N5. The van der Waals surface area contributed by atoms with E-state index in [9.17, 15) is 13.2 Å². The molecule has 0 radical (unpaired) electrons. The fourth-order valence-corrected chi connectivity index (χ4v) is 2.55. The Bertz CT molecular complexity index is 681. The number of hydrogen-bond donors (Lipinski definition) is 0. The number of rotatable bonds is 2. The zero-order valence-corrected chi connectivity index (χ0v) is 12.6. The molecule has 0 N–H and O–H groups in total. The van der Waals surface area contributed by atoms with Gasteiger partial charge in [-0.15, -0.1) is 0 Å². The summed E-state index contributed by atoms with van der Waals surface area (Å²) in [5.74, 6) is 1.20. The summed E-state index contributed by atoms with van der Waals surface area (Å²) in [6, 6.07) is 3.99. The Hall–Kier alpha value is -2.38.